The van der Waals surface area contributed by atoms with Crippen LogP contribution in [0.2, 0.25) is 0 Å². The molecule has 48 heavy (non-hydrogen) atoms. The zero-order chi connectivity index (χ0) is 34.5. The van der Waals surface area contributed by atoms with E-state index in [1.54, 1.807) is 42.3 Å². The summed E-state index contributed by atoms with van der Waals surface area (Å²) in [5.74, 6) is -3.19. The fourth-order valence-electron chi connectivity index (χ4n) is 5.66. The summed E-state index contributed by atoms with van der Waals surface area (Å²) in [5, 5.41) is 10.9. The number of methoxy groups -OCH3 is 1. The Morgan fingerprint density at radius 3 is 2.33 bits per heavy atom. The first kappa shape index (κ1) is 32.6. The maximum absolute atomic E-state index is 14.5. The number of oxazole rings is 1. The maximum Gasteiger partial charge on any atom is 0.253 e. The topological polar surface area (TPSA) is 149 Å². The van der Waals surface area contributed by atoms with E-state index >= 15 is 0 Å². The SMILES string of the molecule is COc1ccc(-c2cc3c(C(N)=O)c(-c4ccc(F)cc4)oc3cc2N(C)CC(O)CS(C)(=O)=O)cc1-c1nc2c(F)cc(F)cc2o1. The van der Waals surface area contributed by atoms with Gasteiger partial charge in [-0.3, -0.25) is 4.79 Å². The van der Waals surface area contributed by atoms with Gasteiger partial charge >= 0.3 is 0 Å². The van der Waals surface area contributed by atoms with Crippen molar-refractivity contribution in [2.75, 3.05) is 37.6 Å². The number of sulfone groups is 1. The van der Waals surface area contributed by atoms with Crippen LogP contribution >= 0.6 is 0 Å². The molecule has 1 atom stereocenters. The number of hydrogen-bond donors (Lipinski definition) is 2. The summed E-state index contributed by atoms with van der Waals surface area (Å²) in [5.41, 5.74) is 7.91. The number of aliphatic hydroxyl groups is 1. The average molecular weight is 680 g/mol. The summed E-state index contributed by atoms with van der Waals surface area (Å²) in [6.07, 6.45) is -0.244. The van der Waals surface area contributed by atoms with Gasteiger partial charge in [0.25, 0.3) is 5.91 Å². The summed E-state index contributed by atoms with van der Waals surface area (Å²) in [6, 6.07) is 15.2. The number of nitrogens with two attached hydrogens (primary N) is 1. The van der Waals surface area contributed by atoms with Crippen molar-refractivity contribution in [3.8, 4) is 39.7 Å². The van der Waals surface area contributed by atoms with E-state index in [4.69, 9.17) is 19.3 Å². The quantitative estimate of drug-likeness (QED) is 0.179. The minimum Gasteiger partial charge on any atom is -0.496 e. The zero-order valence-corrected chi connectivity index (χ0v) is 26.6. The minimum absolute atomic E-state index is 0.0364. The van der Waals surface area contributed by atoms with E-state index in [0.717, 1.165) is 12.3 Å². The number of benzene rings is 4. The second kappa shape index (κ2) is 12.4. The third kappa shape index (κ3) is 6.31. The molecule has 0 bridgehead atoms. The number of nitrogens with zero attached hydrogens (tertiary/aromatic N) is 2. The number of ether oxygens (including phenoxy) is 1. The van der Waals surface area contributed by atoms with Crippen molar-refractivity contribution in [3.63, 3.8) is 0 Å². The molecule has 0 saturated carbocycles. The van der Waals surface area contributed by atoms with E-state index in [1.165, 1.54) is 31.4 Å². The van der Waals surface area contributed by atoms with E-state index in [1.807, 2.05) is 0 Å². The van der Waals surface area contributed by atoms with Crippen LogP contribution in [0.4, 0.5) is 18.9 Å². The smallest absolute Gasteiger partial charge is 0.253 e. The monoisotopic (exact) mass is 679 g/mol. The van der Waals surface area contributed by atoms with Gasteiger partial charge in [0, 0.05) is 60.2 Å². The number of hydrogen-bond acceptors (Lipinski definition) is 9. The Labute approximate surface area is 272 Å². The van der Waals surface area contributed by atoms with Crippen LogP contribution in [0.1, 0.15) is 10.4 Å². The Balaban J connectivity index is 1.57. The lowest BCUT2D eigenvalue weighted by atomic mass is 9.96. The molecule has 3 N–H and O–H groups in total. The fourth-order valence-corrected chi connectivity index (χ4v) is 6.46. The molecule has 6 rings (SSSR count). The summed E-state index contributed by atoms with van der Waals surface area (Å²) in [6.45, 7) is -0.112. The van der Waals surface area contributed by atoms with Crippen molar-refractivity contribution in [1.29, 1.82) is 0 Å². The highest BCUT2D eigenvalue weighted by atomic mass is 32.2. The number of aromatic nitrogens is 1. The summed E-state index contributed by atoms with van der Waals surface area (Å²) in [7, 11) is -0.459. The van der Waals surface area contributed by atoms with E-state index in [0.29, 0.717) is 39.6 Å². The largest absolute Gasteiger partial charge is 0.496 e. The summed E-state index contributed by atoms with van der Waals surface area (Å²) < 4.78 is 83.3. The number of furan rings is 1. The minimum atomic E-state index is -3.51. The van der Waals surface area contributed by atoms with Gasteiger partial charge in [0.05, 0.1) is 30.1 Å². The van der Waals surface area contributed by atoms with Gasteiger partial charge in [-0.15, -0.1) is 0 Å². The molecule has 1 amide bonds. The lowest BCUT2D eigenvalue weighted by molar-refractivity contribution is 0.100. The Morgan fingerprint density at radius 2 is 1.67 bits per heavy atom. The molecule has 6 aromatic rings. The standard InChI is InChI=1S/C34H28F3N3O7S/c1-40(15-21(41)16-48(3,43)44)26-14-28-23(30(33(38)42)32(46-28)17-4-7-19(35)8-5-17)13-22(26)18-6-9-27(45-2)24(10-18)34-39-31-25(37)11-20(36)12-29(31)47-34/h4-14,21,41H,15-16H2,1-3H3,(H2,38,42). The van der Waals surface area contributed by atoms with Crippen molar-refractivity contribution in [1.82, 2.24) is 4.98 Å². The number of primary amides is 1. The molecule has 10 nitrogen and oxygen atoms in total. The van der Waals surface area contributed by atoms with Crippen molar-refractivity contribution in [3.05, 3.63) is 89.7 Å². The van der Waals surface area contributed by atoms with Crippen LogP contribution in [0.25, 0.3) is 56.0 Å². The fraction of sp³-hybridized carbons (Fsp3) is 0.176. The highest BCUT2D eigenvalue weighted by Gasteiger charge is 2.26. The molecule has 0 aliphatic heterocycles. The Morgan fingerprint density at radius 1 is 0.958 bits per heavy atom. The molecule has 2 heterocycles. The van der Waals surface area contributed by atoms with Crippen molar-refractivity contribution < 1.29 is 45.1 Å². The van der Waals surface area contributed by atoms with Gasteiger partial charge in [0.15, 0.2) is 11.4 Å². The molecule has 14 heteroatoms. The Bertz CT molecular complexity index is 2320. The number of rotatable bonds is 10. The summed E-state index contributed by atoms with van der Waals surface area (Å²) >= 11 is 0. The Hall–Kier alpha value is -5.34. The van der Waals surface area contributed by atoms with Crippen LogP contribution < -0.4 is 15.4 Å². The van der Waals surface area contributed by atoms with Crippen molar-refractivity contribution >= 4 is 43.5 Å². The lowest BCUT2D eigenvalue weighted by Gasteiger charge is -2.25. The predicted octanol–water partition coefficient (Wildman–Crippen LogP) is 5.94. The van der Waals surface area contributed by atoms with Crippen LogP contribution in [0.3, 0.4) is 0 Å². The first-order valence-corrected chi connectivity index (χ1v) is 16.5. The molecule has 2 aromatic heterocycles. The molecule has 0 aliphatic carbocycles. The Kier molecular flexibility index (Phi) is 8.39. The molecular formula is C34H28F3N3O7S. The number of carbonyl (C=O) groups is 1. The number of anilines is 1. The maximum atomic E-state index is 14.5. The summed E-state index contributed by atoms with van der Waals surface area (Å²) in [4.78, 5) is 18.7. The van der Waals surface area contributed by atoms with E-state index < -0.39 is 45.1 Å². The third-order valence-electron chi connectivity index (χ3n) is 7.70. The second-order valence-electron chi connectivity index (χ2n) is 11.3. The molecule has 4 aromatic carbocycles. The van der Waals surface area contributed by atoms with Gasteiger partial charge < -0.3 is 29.3 Å². The highest BCUT2D eigenvalue weighted by Crippen LogP contribution is 2.43. The van der Waals surface area contributed by atoms with Crippen LogP contribution in [0, 0.1) is 17.5 Å². The van der Waals surface area contributed by atoms with Crippen LogP contribution in [-0.2, 0) is 9.84 Å². The van der Waals surface area contributed by atoms with Crippen molar-refractivity contribution in [2.24, 2.45) is 5.73 Å². The van der Waals surface area contributed by atoms with Crippen LogP contribution in [0.5, 0.6) is 5.75 Å². The first-order valence-electron chi connectivity index (χ1n) is 14.4. The number of aliphatic hydroxyl groups excluding tert-OH is 1. The zero-order valence-electron chi connectivity index (χ0n) is 25.8. The second-order valence-corrected chi connectivity index (χ2v) is 13.5. The molecule has 248 valence electrons. The van der Waals surface area contributed by atoms with Crippen molar-refractivity contribution in [2.45, 2.75) is 6.10 Å². The molecule has 0 aliphatic rings. The number of likely N-dealkylation sites (N-methyl/N-ethyl adjacent to an activating group) is 1. The van der Waals surface area contributed by atoms with Gasteiger partial charge in [0.1, 0.15) is 44.1 Å². The van der Waals surface area contributed by atoms with Gasteiger partial charge in [-0.25, -0.2) is 26.6 Å². The predicted molar refractivity (Wildman–Crippen MR) is 174 cm³/mol. The van der Waals surface area contributed by atoms with Gasteiger partial charge in [0.2, 0.25) is 5.89 Å². The highest BCUT2D eigenvalue weighted by molar-refractivity contribution is 7.90. The third-order valence-corrected chi connectivity index (χ3v) is 8.69. The average Bonchev–Trinajstić information content (AvgIpc) is 3.61. The number of carbonyl (C=O) groups excluding carboxylic acids is 1. The normalized spacial score (nSPS) is 12.5. The number of fused-ring (bicyclic) bond motifs is 2. The van der Waals surface area contributed by atoms with E-state index in [2.05, 4.69) is 4.98 Å². The molecular weight excluding hydrogens is 651 g/mol. The van der Waals surface area contributed by atoms with Gasteiger partial charge in [-0.05, 0) is 48.0 Å². The number of halogens is 3. The lowest BCUT2D eigenvalue weighted by Crippen LogP contribution is -2.34. The molecule has 1 unspecified atom stereocenters. The van der Waals surface area contributed by atoms with E-state index in [9.17, 15) is 31.5 Å². The van der Waals surface area contributed by atoms with Gasteiger partial charge in [-0.1, -0.05) is 6.07 Å². The van der Waals surface area contributed by atoms with Gasteiger partial charge in [-0.2, -0.15) is 0 Å². The first-order chi connectivity index (χ1) is 22.7. The van der Waals surface area contributed by atoms with E-state index in [-0.39, 0.29) is 46.0 Å². The molecule has 0 saturated heterocycles. The van der Waals surface area contributed by atoms with Crippen LogP contribution in [0.15, 0.2) is 75.6 Å². The molecule has 0 radical (unpaired) electrons. The van der Waals surface area contributed by atoms with Crippen LogP contribution in [-0.4, -0.2) is 63.2 Å². The number of amides is 1. The molecule has 0 fully saturated rings. The molecule has 0 spiro atoms.